The Balaban J connectivity index is 2.06. The highest BCUT2D eigenvalue weighted by atomic mass is 79.9. The summed E-state index contributed by atoms with van der Waals surface area (Å²) >= 11 is 3.33. The molecule has 0 bridgehead atoms. The van der Waals surface area contributed by atoms with E-state index in [1.165, 1.54) is 0 Å². The van der Waals surface area contributed by atoms with Crippen LogP contribution < -0.4 is 0 Å². The molecule has 0 amide bonds. The molecular formula is C5H9BrO. The van der Waals surface area contributed by atoms with Gasteiger partial charge in [-0.25, -0.2) is 0 Å². The molecule has 2 unspecified atom stereocenters. The van der Waals surface area contributed by atoms with Crippen molar-refractivity contribution in [2.75, 3.05) is 5.33 Å². The highest BCUT2D eigenvalue weighted by molar-refractivity contribution is 9.09. The molecule has 0 aromatic rings. The predicted octanol–water partition coefficient (Wildman–Crippen LogP) is 1.56. The first-order valence-electron chi connectivity index (χ1n) is 2.60. The summed E-state index contributed by atoms with van der Waals surface area (Å²) in [5.41, 5.74) is 0. The van der Waals surface area contributed by atoms with Crippen LogP contribution in [0.25, 0.3) is 0 Å². The van der Waals surface area contributed by atoms with Gasteiger partial charge in [0, 0.05) is 5.33 Å². The third-order valence-electron chi connectivity index (χ3n) is 1.24. The van der Waals surface area contributed by atoms with Gasteiger partial charge in [-0.3, -0.25) is 0 Å². The second-order valence-corrected chi connectivity index (χ2v) is 2.42. The third kappa shape index (κ3) is 1.16. The molecule has 1 aliphatic rings. The van der Waals surface area contributed by atoms with E-state index in [9.17, 15) is 0 Å². The zero-order chi connectivity index (χ0) is 5.28. The minimum atomic E-state index is 0.532. The zero-order valence-corrected chi connectivity index (χ0v) is 5.94. The highest BCUT2D eigenvalue weighted by Crippen LogP contribution is 2.25. The summed E-state index contributed by atoms with van der Waals surface area (Å²) in [6, 6.07) is 0. The Kier molecular flexibility index (Phi) is 1.70. The van der Waals surface area contributed by atoms with Gasteiger partial charge >= 0.3 is 0 Å². The van der Waals surface area contributed by atoms with Gasteiger partial charge in [0.05, 0.1) is 12.2 Å². The first-order valence-corrected chi connectivity index (χ1v) is 3.72. The standard InChI is InChI=1S/C5H9BrO/c1-2-4-5(3-6)7-4/h4-5H,2-3H2,1H3. The number of epoxide rings is 1. The van der Waals surface area contributed by atoms with Crippen molar-refractivity contribution >= 4 is 15.9 Å². The normalized spacial score (nSPS) is 38.6. The van der Waals surface area contributed by atoms with Crippen LogP contribution in [-0.4, -0.2) is 17.5 Å². The number of halogens is 1. The largest absolute Gasteiger partial charge is 0.369 e. The van der Waals surface area contributed by atoms with E-state index >= 15 is 0 Å². The molecule has 0 saturated carbocycles. The molecule has 1 rings (SSSR count). The maximum Gasteiger partial charge on any atom is 0.0938 e. The number of hydrogen-bond donors (Lipinski definition) is 0. The number of alkyl halides is 1. The zero-order valence-electron chi connectivity index (χ0n) is 4.36. The smallest absolute Gasteiger partial charge is 0.0938 e. The minimum Gasteiger partial charge on any atom is -0.369 e. The number of hydrogen-bond acceptors (Lipinski definition) is 1. The molecule has 0 spiro atoms. The number of ether oxygens (including phenoxy) is 1. The van der Waals surface area contributed by atoms with Crippen LogP contribution in [0.5, 0.6) is 0 Å². The van der Waals surface area contributed by atoms with Gasteiger partial charge in [-0.2, -0.15) is 0 Å². The van der Waals surface area contributed by atoms with E-state index in [4.69, 9.17) is 4.74 Å². The van der Waals surface area contributed by atoms with E-state index in [0.29, 0.717) is 12.2 Å². The Morgan fingerprint density at radius 3 is 2.43 bits per heavy atom. The highest BCUT2D eigenvalue weighted by Gasteiger charge is 2.35. The van der Waals surface area contributed by atoms with Gasteiger partial charge in [0.1, 0.15) is 0 Å². The average Bonchev–Trinajstić information content (AvgIpc) is 2.43. The lowest BCUT2D eigenvalue weighted by Crippen LogP contribution is -1.90. The first-order chi connectivity index (χ1) is 3.38. The van der Waals surface area contributed by atoms with E-state index in [1.54, 1.807) is 0 Å². The maximum atomic E-state index is 5.17. The van der Waals surface area contributed by atoms with Gasteiger partial charge < -0.3 is 4.74 Å². The van der Waals surface area contributed by atoms with Gasteiger partial charge in [-0.05, 0) is 6.42 Å². The molecule has 7 heavy (non-hydrogen) atoms. The molecular weight excluding hydrogens is 156 g/mol. The Labute approximate surface area is 52.2 Å². The van der Waals surface area contributed by atoms with Crippen LogP contribution in [0.3, 0.4) is 0 Å². The molecule has 1 heterocycles. The SMILES string of the molecule is CCC1OC1CBr. The van der Waals surface area contributed by atoms with E-state index in [1.807, 2.05) is 0 Å². The van der Waals surface area contributed by atoms with Gasteiger partial charge in [0.2, 0.25) is 0 Å². The van der Waals surface area contributed by atoms with Crippen LogP contribution in [0, 0.1) is 0 Å². The first kappa shape index (κ1) is 5.57. The van der Waals surface area contributed by atoms with Crippen molar-refractivity contribution in [2.24, 2.45) is 0 Å². The molecule has 1 saturated heterocycles. The topological polar surface area (TPSA) is 12.5 Å². The van der Waals surface area contributed by atoms with Crippen molar-refractivity contribution in [1.29, 1.82) is 0 Å². The molecule has 0 aromatic heterocycles. The van der Waals surface area contributed by atoms with Crippen LogP contribution >= 0.6 is 15.9 Å². The monoisotopic (exact) mass is 164 g/mol. The molecule has 0 N–H and O–H groups in total. The van der Waals surface area contributed by atoms with Crippen LogP contribution in [0.15, 0.2) is 0 Å². The van der Waals surface area contributed by atoms with Crippen molar-refractivity contribution in [3.8, 4) is 0 Å². The average molecular weight is 165 g/mol. The van der Waals surface area contributed by atoms with Gasteiger partial charge in [0.15, 0.2) is 0 Å². The molecule has 1 nitrogen and oxygen atoms in total. The second-order valence-electron chi connectivity index (χ2n) is 1.78. The fourth-order valence-corrected chi connectivity index (χ4v) is 1.24. The predicted molar refractivity (Wildman–Crippen MR) is 32.7 cm³/mol. The van der Waals surface area contributed by atoms with Crippen LogP contribution in [0.2, 0.25) is 0 Å². The van der Waals surface area contributed by atoms with Crippen molar-refractivity contribution < 1.29 is 4.74 Å². The fraction of sp³-hybridized carbons (Fsp3) is 1.00. The summed E-state index contributed by atoms with van der Waals surface area (Å²) in [6.45, 7) is 2.15. The van der Waals surface area contributed by atoms with Gasteiger partial charge in [0.25, 0.3) is 0 Å². The van der Waals surface area contributed by atoms with Crippen molar-refractivity contribution in [3.63, 3.8) is 0 Å². The molecule has 1 fully saturated rings. The lowest BCUT2D eigenvalue weighted by atomic mass is 10.3. The van der Waals surface area contributed by atoms with E-state index < -0.39 is 0 Å². The lowest BCUT2D eigenvalue weighted by molar-refractivity contribution is 0.377. The fourth-order valence-electron chi connectivity index (χ4n) is 0.674. The summed E-state index contributed by atoms with van der Waals surface area (Å²) in [7, 11) is 0. The minimum absolute atomic E-state index is 0.532. The van der Waals surface area contributed by atoms with E-state index in [-0.39, 0.29) is 0 Å². The molecule has 0 aliphatic carbocycles. The summed E-state index contributed by atoms with van der Waals surface area (Å²) in [4.78, 5) is 0. The van der Waals surface area contributed by atoms with Crippen LogP contribution in [0.4, 0.5) is 0 Å². The van der Waals surface area contributed by atoms with Crippen molar-refractivity contribution in [2.45, 2.75) is 25.6 Å². The summed E-state index contributed by atoms with van der Waals surface area (Å²) < 4.78 is 5.17. The quantitative estimate of drug-likeness (QED) is 0.446. The second kappa shape index (κ2) is 2.14. The van der Waals surface area contributed by atoms with E-state index in [2.05, 4.69) is 22.9 Å². The molecule has 1 aliphatic heterocycles. The molecule has 2 atom stereocenters. The molecule has 0 aromatic carbocycles. The Morgan fingerprint density at radius 1 is 1.57 bits per heavy atom. The van der Waals surface area contributed by atoms with Crippen LogP contribution in [0.1, 0.15) is 13.3 Å². The summed E-state index contributed by atoms with van der Waals surface area (Å²) in [6.07, 6.45) is 2.26. The Hall–Kier alpha value is 0.440. The van der Waals surface area contributed by atoms with Crippen molar-refractivity contribution in [1.82, 2.24) is 0 Å². The van der Waals surface area contributed by atoms with Gasteiger partial charge in [-0.15, -0.1) is 0 Å². The molecule has 2 heteroatoms. The molecule has 42 valence electrons. The van der Waals surface area contributed by atoms with E-state index in [0.717, 1.165) is 11.8 Å². The Morgan fingerprint density at radius 2 is 2.29 bits per heavy atom. The Bertz CT molecular complexity index is 57.1. The van der Waals surface area contributed by atoms with Crippen molar-refractivity contribution in [3.05, 3.63) is 0 Å². The van der Waals surface area contributed by atoms with Crippen LogP contribution in [-0.2, 0) is 4.74 Å². The summed E-state index contributed by atoms with van der Waals surface area (Å²) in [5.74, 6) is 0. The third-order valence-corrected chi connectivity index (χ3v) is 1.88. The summed E-state index contributed by atoms with van der Waals surface area (Å²) in [5, 5.41) is 1.01. The lowest BCUT2D eigenvalue weighted by Gasteiger charge is -1.76. The number of rotatable bonds is 2. The molecule has 0 radical (unpaired) electrons. The maximum absolute atomic E-state index is 5.17. The van der Waals surface area contributed by atoms with Gasteiger partial charge in [-0.1, -0.05) is 22.9 Å².